The van der Waals surface area contributed by atoms with Crippen LogP contribution >= 0.6 is 22.9 Å². The minimum Gasteiger partial charge on any atom is -0.490 e. The fourth-order valence-electron chi connectivity index (χ4n) is 3.85. The van der Waals surface area contributed by atoms with Crippen molar-refractivity contribution in [1.82, 2.24) is 4.98 Å². The molecule has 1 aromatic heterocycles. The normalized spacial score (nSPS) is 11.0. The molecule has 5 rings (SSSR count). The van der Waals surface area contributed by atoms with Gasteiger partial charge in [0.25, 0.3) is 0 Å². The number of aromatic nitrogens is 1. The summed E-state index contributed by atoms with van der Waals surface area (Å²) in [4.78, 5) is 5.89. The minimum absolute atomic E-state index is 0.472. The Morgan fingerprint density at radius 1 is 0.842 bits per heavy atom. The van der Waals surface area contributed by atoms with Crippen LogP contribution in [0.25, 0.3) is 21.7 Å². The second kappa shape index (κ2) is 12.4. The zero-order chi connectivity index (χ0) is 26.2. The number of nitrogens with one attached hydrogen (secondary N) is 1. The second-order valence-electron chi connectivity index (χ2n) is 8.35. The van der Waals surface area contributed by atoms with Crippen molar-refractivity contribution >= 4 is 34.3 Å². The Morgan fingerprint density at radius 3 is 2.32 bits per heavy atom. The van der Waals surface area contributed by atoms with Crippen LogP contribution in [0.4, 0.5) is 5.13 Å². The van der Waals surface area contributed by atoms with Crippen LogP contribution in [0.2, 0.25) is 5.02 Å². The van der Waals surface area contributed by atoms with Gasteiger partial charge in [0, 0.05) is 10.6 Å². The van der Waals surface area contributed by atoms with Gasteiger partial charge in [0.05, 0.1) is 23.4 Å². The van der Waals surface area contributed by atoms with Gasteiger partial charge in [0.1, 0.15) is 6.61 Å². The molecule has 0 saturated heterocycles. The zero-order valence-electron chi connectivity index (χ0n) is 20.8. The minimum atomic E-state index is 0.472. The lowest BCUT2D eigenvalue weighted by Crippen LogP contribution is -2.00. The van der Waals surface area contributed by atoms with E-state index in [4.69, 9.17) is 26.1 Å². The highest BCUT2D eigenvalue weighted by Gasteiger charge is 2.15. The third-order valence-electron chi connectivity index (χ3n) is 5.66. The molecule has 4 aromatic carbocycles. The van der Waals surface area contributed by atoms with Crippen molar-refractivity contribution in [3.05, 3.63) is 119 Å². The highest BCUT2D eigenvalue weighted by molar-refractivity contribution is 7.19. The molecule has 0 atom stereocenters. The number of hydrogen-bond acceptors (Lipinski definition) is 6. The zero-order valence-corrected chi connectivity index (χ0v) is 22.4. The van der Waals surface area contributed by atoms with Crippen molar-refractivity contribution in [1.29, 1.82) is 0 Å². The molecule has 5 nitrogen and oxygen atoms in total. The number of hydrogen-bond donors (Lipinski definition) is 1. The molecule has 0 spiro atoms. The van der Waals surface area contributed by atoms with Gasteiger partial charge in [-0.25, -0.2) is 4.98 Å². The summed E-state index contributed by atoms with van der Waals surface area (Å²) in [5.74, 6) is 1.37. The first kappa shape index (κ1) is 25.5. The first-order valence-electron chi connectivity index (χ1n) is 12.2. The summed E-state index contributed by atoms with van der Waals surface area (Å²) >= 11 is 7.66. The van der Waals surface area contributed by atoms with E-state index in [-0.39, 0.29) is 0 Å². The van der Waals surface area contributed by atoms with Gasteiger partial charge < -0.3 is 9.47 Å². The van der Waals surface area contributed by atoms with Gasteiger partial charge in [-0.3, -0.25) is 5.43 Å². The fraction of sp³-hybridized carbons (Fsp3) is 0.0968. The summed E-state index contributed by atoms with van der Waals surface area (Å²) in [6, 6.07) is 33.7. The van der Waals surface area contributed by atoms with E-state index >= 15 is 0 Å². The van der Waals surface area contributed by atoms with Crippen molar-refractivity contribution in [3.8, 4) is 33.2 Å². The number of thiazole rings is 1. The van der Waals surface area contributed by atoms with Crippen LogP contribution in [0.1, 0.15) is 18.1 Å². The predicted octanol–water partition coefficient (Wildman–Crippen LogP) is 8.55. The Labute approximate surface area is 231 Å². The summed E-state index contributed by atoms with van der Waals surface area (Å²) < 4.78 is 11.8. The van der Waals surface area contributed by atoms with Crippen molar-refractivity contribution < 1.29 is 9.47 Å². The van der Waals surface area contributed by atoms with E-state index in [9.17, 15) is 0 Å². The number of hydrazone groups is 1. The maximum Gasteiger partial charge on any atom is 0.204 e. The summed E-state index contributed by atoms with van der Waals surface area (Å²) in [6.07, 6.45) is 1.75. The molecule has 5 aromatic rings. The molecule has 1 N–H and O–H groups in total. The van der Waals surface area contributed by atoms with Gasteiger partial charge in [-0.15, -0.1) is 0 Å². The summed E-state index contributed by atoms with van der Waals surface area (Å²) in [5.41, 5.74) is 8.06. The van der Waals surface area contributed by atoms with Crippen LogP contribution in [0.15, 0.2) is 108 Å². The predicted molar refractivity (Wildman–Crippen MR) is 158 cm³/mol. The quantitative estimate of drug-likeness (QED) is 0.143. The third kappa shape index (κ3) is 6.40. The van der Waals surface area contributed by atoms with E-state index in [1.54, 1.807) is 17.6 Å². The smallest absolute Gasteiger partial charge is 0.204 e. The van der Waals surface area contributed by atoms with Crippen LogP contribution in [0.5, 0.6) is 11.5 Å². The summed E-state index contributed by atoms with van der Waals surface area (Å²) in [6.45, 7) is 2.96. The van der Waals surface area contributed by atoms with Crippen LogP contribution in [0.3, 0.4) is 0 Å². The summed E-state index contributed by atoms with van der Waals surface area (Å²) in [7, 11) is 0. The van der Waals surface area contributed by atoms with Gasteiger partial charge in [-0.2, -0.15) is 5.10 Å². The van der Waals surface area contributed by atoms with E-state index in [0.29, 0.717) is 34.9 Å². The Bertz CT molecular complexity index is 1500. The average Bonchev–Trinajstić information content (AvgIpc) is 3.38. The lowest BCUT2D eigenvalue weighted by Gasteiger charge is -2.12. The Kier molecular flexibility index (Phi) is 8.33. The molecule has 0 aliphatic rings. The maximum absolute atomic E-state index is 6.11. The van der Waals surface area contributed by atoms with Crippen LogP contribution < -0.4 is 14.9 Å². The molecule has 190 valence electrons. The van der Waals surface area contributed by atoms with Gasteiger partial charge in [0.15, 0.2) is 11.5 Å². The monoisotopic (exact) mass is 539 g/mol. The molecule has 0 aliphatic heterocycles. The van der Waals surface area contributed by atoms with Gasteiger partial charge in [-0.05, 0) is 53.9 Å². The topological polar surface area (TPSA) is 55.7 Å². The average molecular weight is 540 g/mol. The number of halogens is 1. The van der Waals surface area contributed by atoms with Crippen molar-refractivity contribution in [3.63, 3.8) is 0 Å². The molecule has 0 radical (unpaired) electrons. The molecule has 0 amide bonds. The molecule has 0 fully saturated rings. The van der Waals surface area contributed by atoms with E-state index < -0.39 is 0 Å². The number of benzene rings is 4. The molecular formula is C31H26ClN3O2S. The van der Waals surface area contributed by atoms with Crippen molar-refractivity contribution in [2.24, 2.45) is 5.10 Å². The second-order valence-corrected chi connectivity index (χ2v) is 9.79. The Balaban J connectivity index is 1.34. The van der Waals surface area contributed by atoms with Crippen LogP contribution in [-0.4, -0.2) is 17.8 Å². The van der Waals surface area contributed by atoms with Crippen molar-refractivity contribution in [2.75, 3.05) is 12.0 Å². The van der Waals surface area contributed by atoms with Gasteiger partial charge in [0.2, 0.25) is 5.13 Å². The first-order valence-corrected chi connectivity index (χ1v) is 13.4. The number of nitrogens with zero attached hydrogens (tertiary/aromatic N) is 2. The maximum atomic E-state index is 6.11. The molecule has 7 heteroatoms. The van der Waals surface area contributed by atoms with Crippen LogP contribution in [-0.2, 0) is 6.61 Å². The number of rotatable bonds is 10. The Morgan fingerprint density at radius 2 is 1.58 bits per heavy atom. The first-order chi connectivity index (χ1) is 18.7. The lowest BCUT2D eigenvalue weighted by molar-refractivity contribution is 0.269. The summed E-state index contributed by atoms with van der Waals surface area (Å²) in [5, 5.41) is 5.84. The standard InChI is InChI=1S/C31H26ClN3O2S/c1-2-36-28-19-23(13-18-27(28)37-21-22-9-5-3-6-10-22)20-33-35-31-34-29(24-11-7-4-8-12-24)30(38-31)25-14-16-26(32)17-15-25/h3-20H,2,21H2,1H3,(H,34,35)/b33-20-. The fourth-order valence-corrected chi connectivity index (χ4v) is 4.92. The van der Waals surface area contributed by atoms with E-state index in [2.05, 4.69) is 22.7 Å². The SMILES string of the molecule is CCOc1cc(/C=N\Nc2nc(-c3ccccc3)c(-c3ccc(Cl)cc3)s2)ccc1OCc1ccccc1. The highest BCUT2D eigenvalue weighted by atomic mass is 35.5. The number of anilines is 1. The third-order valence-corrected chi connectivity index (χ3v) is 6.92. The van der Waals surface area contributed by atoms with Gasteiger partial charge >= 0.3 is 0 Å². The molecule has 0 saturated carbocycles. The van der Waals surface area contributed by atoms with E-state index in [0.717, 1.165) is 32.8 Å². The molecule has 0 unspecified atom stereocenters. The van der Waals surface area contributed by atoms with Crippen LogP contribution in [0, 0.1) is 0 Å². The molecular weight excluding hydrogens is 514 g/mol. The van der Waals surface area contributed by atoms with E-state index in [1.807, 2.05) is 97.9 Å². The largest absolute Gasteiger partial charge is 0.490 e. The molecule has 0 aliphatic carbocycles. The van der Waals surface area contributed by atoms with E-state index in [1.165, 1.54) is 0 Å². The molecule has 38 heavy (non-hydrogen) atoms. The highest BCUT2D eigenvalue weighted by Crippen LogP contribution is 2.39. The van der Waals surface area contributed by atoms with Crippen molar-refractivity contribution in [2.45, 2.75) is 13.5 Å². The molecule has 0 bridgehead atoms. The molecule has 1 heterocycles. The lowest BCUT2D eigenvalue weighted by atomic mass is 10.1. The van der Waals surface area contributed by atoms with Gasteiger partial charge in [-0.1, -0.05) is 95.7 Å². The Hall–Kier alpha value is -4.13. The number of ether oxygens (including phenoxy) is 2.